The highest BCUT2D eigenvalue weighted by atomic mass is 32.2. The fraction of sp³-hybridized carbons (Fsp3) is 0.682. The van der Waals surface area contributed by atoms with Gasteiger partial charge in [0.05, 0.1) is 18.0 Å². The molecule has 4 heterocycles. The number of carbonyl (C=O) groups is 2. The molecule has 4 aliphatic rings. The fourth-order valence-electron chi connectivity index (χ4n) is 5.82. The smallest absolute Gasteiger partial charge is 0.282 e. The van der Waals surface area contributed by atoms with E-state index in [1.807, 2.05) is 32.0 Å². The Labute approximate surface area is 189 Å². The number of rotatable bonds is 4. The second-order valence-corrected chi connectivity index (χ2v) is 11.5. The van der Waals surface area contributed by atoms with Gasteiger partial charge in [0.1, 0.15) is 5.82 Å². The zero-order valence-electron chi connectivity index (χ0n) is 18.8. The molecule has 0 N–H and O–H groups in total. The Hall–Kier alpha value is -2.04. The first-order valence-corrected chi connectivity index (χ1v) is 12.9. The van der Waals surface area contributed by atoms with E-state index in [9.17, 15) is 18.0 Å². The second kappa shape index (κ2) is 7.78. The first kappa shape index (κ1) is 21.8. The van der Waals surface area contributed by atoms with Gasteiger partial charge in [0.2, 0.25) is 11.8 Å². The summed E-state index contributed by atoms with van der Waals surface area (Å²) < 4.78 is 30.1. The van der Waals surface area contributed by atoms with Crippen molar-refractivity contribution in [2.75, 3.05) is 37.6 Å². The summed E-state index contributed by atoms with van der Waals surface area (Å²) >= 11 is 0. The molecule has 174 valence electrons. The highest BCUT2D eigenvalue weighted by molar-refractivity contribution is 7.86. The third-order valence-corrected chi connectivity index (χ3v) is 10.1. The van der Waals surface area contributed by atoms with Gasteiger partial charge in [0.25, 0.3) is 10.2 Å². The molecule has 5 rings (SSSR count). The first-order valence-electron chi connectivity index (χ1n) is 11.5. The number of likely N-dealkylation sites (tertiary alicyclic amines) is 1. The van der Waals surface area contributed by atoms with E-state index in [1.54, 1.807) is 13.1 Å². The van der Waals surface area contributed by atoms with Crippen LogP contribution in [0.4, 0.5) is 5.82 Å². The van der Waals surface area contributed by atoms with Gasteiger partial charge in [-0.1, -0.05) is 26.8 Å². The number of aromatic nitrogens is 1. The molecule has 1 aromatic rings. The summed E-state index contributed by atoms with van der Waals surface area (Å²) in [6, 6.07) is 4.87. The molecule has 2 amide bonds. The van der Waals surface area contributed by atoms with Crippen LogP contribution in [0.5, 0.6) is 0 Å². The van der Waals surface area contributed by atoms with Crippen molar-refractivity contribution in [2.45, 2.75) is 39.3 Å². The van der Waals surface area contributed by atoms with E-state index in [2.05, 4.69) is 9.88 Å². The van der Waals surface area contributed by atoms with Crippen LogP contribution in [-0.4, -0.2) is 83.5 Å². The number of amides is 2. The van der Waals surface area contributed by atoms with Gasteiger partial charge in [-0.2, -0.15) is 17.0 Å². The number of hydrogen-bond acceptors (Lipinski definition) is 6. The summed E-state index contributed by atoms with van der Waals surface area (Å²) in [6.45, 7) is 8.04. The number of carbonyl (C=O) groups excluding carboxylic acids is 2. The minimum atomic E-state index is -3.72. The van der Waals surface area contributed by atoms with E-state index in [4.69, 9.17) is 0 Å². The Morgan fingerprint density at radius 1 is 1.03 bits per heavy atom. The Bertz CT molecular complexity index is 1000. The van der Waals surface area contributed by atoms with Crippen LogP contribution in [0.25, 0.3) is 0 Å². The first-order chi connectivity index (χ1) is 15.2. The van der Waals surface area contributed by atoms with Crippen LogP contribution >= 0.6 is 0 Å². The monoisotopic (exact) mass is 461 g/mol. The molecule has 3 saturated heterocycles. The topological polar surface area (TPSA) is 94.1 Å². The molecule has 0 spiro atoms. The lowest BCUT2D eigenvalue weighted by molar-refractivity contribution is -0.146. The normalized spacial score (nSPS) is 35.9. The summed E-state index contributed by atoms with van der Waals surface area (Å²) in [7, 11) is -3.72. The van der Waals surface area contributed by atoms with E-state index in [1.165, 1.54) is 13.5 Å². The molecule has 1 unspecified atom stereocenters. The van der Waals surface area contributed by atoms with Crippen molar-refractivity contribution >= 4 is 27.8 Å². The zero-order valence-corrected chi connectivity index (χ0v) is 19.6. The largest absolute Gasteiger partial charge is 0.354 e. The standard InChI is InChI=1S/C22H31N5O4S/c1-14-15(2)19(14)22(29)27-17-7-9-26(20(17)16(3)21(27)28)32(30,31)25-12-10-24(11-13-25)18-6-4-5-8-23-18/h4-6,8,14-17,19-20H,7,9-13H2,1-3H3/t14-,15+,16-,17-,19?,20+/m0/s1. The second-order valence-electron chi connectivity index (χ2n) is 9.62. The van der Waals surface area contributed by atoms with Crippen LogP contribution in [0.3, 0.4) is 0 Å². The third kappa shape index (κ3) is 3.26. The number of anilines is 1. The van der Waals surface area contributed by atoms with Gasteiger partial charge in [-0.05, 0) is 30.4 Å². The predicted molar refractivity (Wildman–Crippen MR) is 119 cm³/mol. The fourth-order valence-corrected chi connectivity index (χ4v) is 7.70. The summed E-state index contributed by atoms with van der Waals surface area (Å²) in [6.07, 6.45) is 2.24. The molecule has 3 aliphatic heterocycles. The minimum absolute atomic E-state index is 0.113. The summed E-state index contributed by atoms with van der Waals surface area (Å²) in [4.78, 5) is 33.9. The quantitative estimate of drug-likeness (QED) is 0.616. The van der Waals surface area contributed by atoms with Gasteiger partial charge in [-0.15, -0.1) is 0 Å². The van der Waals surface area contributed by atoms with Crippen molar-refractivity contribution in [3.8, 4) is 0 Å². The molecule has 0 radical (unpaired) electrons. The molecule has 6 atom stereocenters. The van der Waals surface area contributed by atoms with Crippen molar-refractivity contribution in [2.24, 2.45) is 23.7 Å². The molecule has 1 saturated carbocycles. The summed E-state index contributed by atoms with van der Waals surface area (Å²) in [5.41, 5.74) is 0. The molecule has 10 heteroatoms. The molecule has 4 fully saturated rings. The van der Waals surface area contributed by atoms with Gasteiger partial charge in [0.15, 0.2) is 0 Å². The lowest BCUT2D eigenvalue weighted by atomic mass is 10.0. The number of pyridine rings is 1. The van der Waals surface area contributed by atoms with Crippen molar-refractivity contribution in [3.05, 3.63) is 24.4 Å². The van der Waals surface area contributed by atoms with Gasteiger partial charge >= 0.3 is 0 Å². The van der Waals surface area contributed by atoms with Crippen molar-refractivity contribution in [1.82, 2.24) is 18.5 Å². The Morgan fingerprint density at radius 3 is 2.31 bits per heavy atom. The Morgan fingerprint density at radius 2 is 1.72 bits per heavy atom. The maximum Gasteiger partial charge on any atom is 0.282 e. The molecular formula is C22H31N5O4S. The lowest BCUT2D eigenvalue weighted by Crippen LogP contribution is -2.55. The molecule has 0 aromatic carbocycles. The van der Waals surface area contributed by atoms with Crippen LogP contribution in [0.15, 0.2) is 24.4 Å². The Kier molecular flexibility index (Phi) is 5.29. The van der Waals surface area contributed by atoms with E-state index >= 15 is 0 Å². The average molecular weight is 462 g/mol. The highest BCUT2D eigenvalue weighted by Gasteiger charge is 2.61. The predicted octanol–water partition coefficient (Wildman–Crippen LogP) is 0.798. The van der Waals surface area contributed by atoms with Gasteiger partial charge in [-0.3, -0.25) is 14.5 Å². The van der Waals surface area contributed by atoms with Gasteiger partial charge in [-0.25, -0.2) is 4.98 Å². The van der Waals surface area contributed by atoms with Crippen LogP contribution in [0, 0.1) is 23.7 Å². The van der Waals surface area contributed by atoms with Crippen LogP contribution < -0.4 is 4.90 Å². The van der Waals surface area contributed by atoms with Gasteiger partial charge < -0.3 is 4.90 Å². The summed E-state index contributed by atoms with van der Waals surface area (Å²) in [5, 5.41) is 0. The molecular weight excluding hydrogens is 430 g/mol. The van der Waals surface area contributed by atoms with Gasteiger partial charge in [0, 0.05) is 44.8 Å². The molecule has 0 bridgehead atoms. The Balaban J connectivity index is 1.30. The molecule has 1 aliphatic carbocycles. The van der Waals surface area contributed by atoms with E-state index < -0.39 is 22.2 Å². The number of hydrogen-bond donors (Lipinski definition) is 0. The maximum absolute atomic E-state index is 13.6. The SMILES string of the molecule is C[C@@H]1C(=O)N(C(=O)C2[C@@H](C)[C@H]2C)[C@H]2CCN(S(=O)(=O)N3CCN(c4ccccn4)CC3)[C@H]12. The van der Waals surface area contributed by atoms with E-state index in [0.717, 1.165) is 5.82 Å². The maximum atomic E-state index is 13.6. The average Bonchev–Trinajstić information content (AvgIpc) is 3.11. The van der Waals surface area contributed by atoms with Crippen LogP contribution in [0.2, 0.25) is 0 Å². The minimum Gasteiger partial charge on any atom is -0.354 e. The van der Waals surface area contributed by atoms with Crippen LogP contribution in [-0.2, 0) is 19.8 Å². The highest BCUT2D eigenvalue weighted by Crippen LogP contribution is 2.49. The molecule has 9 nitrogen and oxygen atoms in total. The number of imide groups is 1. The number of piperazine rings is 1. The van der Waals surface area contributed by atoms with Crippen LogP contribution in [0.1, 0.15) is 27.2 Å². The van der Waals surface area contributed by atoms with Crippen molar-refractivity contribution in [1.29, 1.82) is 0 Å². The molecule has 32 heavy (non-hydrogen) atoms. The van der Waals surface area contributed by atoms with Crippen molar-refractivity contribution in [3.63, 3.8) is 0 Å². The van der Waals surface area contributed by atoms with Crippen molar-refractivity contribution < 1.29 is 18.0 Å². The third-order valence-electron chi connectivity index (χ3n) is 8.02. The zero-order chi connectivity index (χ0) is 22.8. The van der Waals surface area contributed by atoms with E-state index in [-0.39, 0.29) is 35.6 Å². The number of fused-ring (bicyclic) bond motifs is 1. The summed E-state index contributed by atoms with van der Waals surface area (Å²) in [5.74, 6) is 0.436. The molecule has 1 aromatic heterocycles. The lowest BCUT2D eigenvalue weighted by Gasteiger charge is -2.37. The van der Waals surface area contributed by atoms with E-state index in [0.29, 0.717) is 39.1 Å². The number of nitrogens with zero attached hydrogens (tertiary/aromatic N) is 5.